The van der Waals surface area contributed by atoms with Crippen molar-refractivity contribution in [1.29, 1.82) is 0 Å². The van der Waals surface area contributed by atoms with Crippen LogP contribution in [0.3, 0.4) is 0 Å². The molecule has 2 aliphatic rings. The Kier molecular flexibility index (Phi) is 7.85. The molecule has 0 bridgehead atoms. The Hall–Kier alpha value is -2.43. The summed E-state index contributed by atoms with van der Waals surface area (Å²) in [6.45, 7) is 9.05. The molecule has 1 saturated carbocycles. The summed E-state index contributed by atoms with van der Waals surface area (Å²) in [6.07, 6.45) is 7.11. The molecule has 0 aromatic rings. The maximum absolute atomic E-state index is 13.2. The van der Waals surface area contributed by atoms with Crippen LogP contribution in [-0.2, 0) is 19.0 Å². The summed E-state index contributed by atoms with van der Waals surface area (Å²) in [5, 5.41) is 0. The van der Waals surface area contributed by atoms with Gasteiger partial charge in [0.1, 0.15) is 17.7 Å². The molecule has 0 aromatic carbocycles. The van der Waals surface area contributed by atoms with E-state index in [4.69, 9.17) is 20.6 Å². The molecule has 8 nitrogen and oxygen atoms in total. The van der Waals surface area contributed by atoms with Crippen LogP contribution in [0, 0.1) is 24.2 Å². The van der Waals surface area contributed by atoms with Crippen LogP contribution in [0.2, 0.25) is 0 Å². The highest BCUT2D eigenvalue weighted by Crippen LogP contribution is 2.41. The first-order chi connectivity index (χ1) is 14.4. The Balaban J connectivity index is 2.16. The summed E-state index contributed by atoms with van der Waals surface area (Å²) in [7, 11) is 2.88. The Bertz CT molecular complexity index is 723. The first kappa shape index (κ1) is 24.8. The van der Waals surface area contributed by atoms with Gasteiger partial charge in [-0.3, -0.25) is 9.80 Å². The van der Waals surface area contributed by atoms with Gasteiger partial charge in [-0.2, -0.15) is 0 Å². The van der Waals surface area contributed by atoms with Crippen LogP contribution in [0.4, 0.5) is 9.59 Å². The summed E-state index contributed by atoms with van der Waals surface area (Å²) >= 11 is 0. The van der Waals surface area contributed by atoms with E-state index in [0.717, 1.165) is 12.8 Å². The highest BCUT2D eigenvalue weighted by Gasteiger charge is 2.50. The number of terminal acetylenes is 1. The SMILES string of the molecule is C#CC1C[C@H]2[C@@H](OC(=O)C(C(C)C)N(C)C(=O)OC(C)(C)C)CCC[C@H]2N1C(=O)OC. The molecule has 174 valence electrons. The predicted octanol–water partition coefficient (Wildman–Crippen LogP) is 3.43. The molecule has 1 heterocycles. The molecule has 8 heteroatoms. The zero-order valence-electron chi connectivity index (χ0n) is 19.7. The molecule has 0 spiro atoms. The van der Waals surface area contributed by atoms with E-state index >= 15 is 0 Å². The van der Waals surface area contributed by atoms with Crippen LogP contribution >= 0.6 is 0 Å². The molecular formula is C23H36N2O6. The minimum absolute atomic E-state index is 0.0579. The third-order valence-corrected chi connectivity index (χ3v) is 5.97. The van der Waals surface area contributed by atoms with Gasteiger partial charge in [0.15, 0.2) is 0 Å². The quantitative estimate of drug-likeness (QED) is 0.381. The summed E-state index contributed by atoms with van der Waals surface area (Å²) in [4.78, 5) is 40.9. The summed E-state index contributed by atoms with van der Waals surface area (Å²) < 4.78 is 16.3. The summed E-state index contributed by atoms with van der Waals surface area (Å²) in [6, 6.07) is -1.29. The van der Waals surface area contributed by atoms with Crippen LogP contribution < -0.4 is 0 Å². The lowest BCUT2D eigenvalue weighted by Gasteiger charge is -2.38. The van der Waals surface area contributed by atoms with Gasteiger partial charge < -0.3 is 14.2 Å². The van der Waals surface area contributed by atoms with Gasteiger partial charge in [-0.25, -0.2) is 14.4 Å². The van der Waals surface area contributed by atoms with Gasteiger partial charge in [0, 0.05) is 19.0 Å². The summed E-state index contributed by atoms with van der Waals surface area (Å²) in [5.41, 5.74) is -0.668. The van der Waals surface area contributed by atoms with Crippen LogP contribution in [0.25, 0.3) is 0 Å². The second-order valence-electron chi connectivity index (χ2n) is 9.71. The number of carbonyl (C=O) groups excluding carboxylic acids is 3. The second-order valence-corrected chi connectivity index (χ2v) is 9.71. The van der Waals surface area contributed by atoms with Crippen LogP contribution in [0.5, 0.6) is 0 Å². The van der Waals surface area contributed by atoms with E-state index in [1.165, 1.54) is 12.0 Å². The standard InChI is InChI=1S/C23H36N2O6/c1-9-15-13-16-17(25(15)22(28)29-8)11-10-12-18(16)30-20(26)19(14(2)3)24(7)21(27)31-23(4,5)6/h1,14-19H,10-13H2,2-8H3/t15?,16-,17-,18+,19?/m1/s1. The fraction of sp³-hybridized carbons (Fsp3) is 0.783. The zero-order chi connectivity index (χ0) is 23.5. The topological polar surface area (TPSA) is 85.4 Å². The molecule has 2 amide bonds. The smallest absolute Gasteiger partial charge is 0.410 e. The van der Waals surface area contributed by atoms with Gasteiger partial charge in [-0.1, -0.05) is 19.8 Å². The third-order valence-electron chi connectivity index (χ3n) is 5.97. The van der Waals surface area contributed by atoms with Crippen molar-refractivity contribution in [2.45, 2.75) is 90.1 Å². The Morgan fingerprint density at radius 3 is 2.35 bits per heavy atom. The van der Waals surface area contributed by atoms with Crippen molar-refractivity contribution in [3.05, 3.63) is 0 Å². The average molecular weight is 437 g/mol. The molecular weight excluding hydrogens is 400 g/mol. The molecule has 5 atom stereocenters. The first-order valence-corrected chi connectivity index (χ1v) is 10.9. The number of likely N-dealkylation sites (N-methyl/N-ethyl adjacent to an activating group) is 1. The van der Waals surface area contributed by atoms with Gasteiger partial charge >= 0.3 is 18.2 Å². The molecule has 31 heavy (non-hydrogen) atoms. The molecule has 2 fully saturated rings. The molecule has 1 aliphatic heterocycles. The molecule has 0 N–H and O–H groups in total. The largest absolute Gasteiger partial charge is 0.460 e. The van der Waals surface area contributed by atoms with E-state index < -0.39 is 29.8 Å². The predicted molar refractivity (Wildman–Crippen MR) is 115 cm³/mol. The van der Waals surface area contributed by atoms with Gasteiger partial charge in [0.2, 0.25) is 0 Å². The van der Waals surface area contributed by atoms with Crippen LogP contribution in [0.1, 0.15) is 60.3 Å². The first-order valence-electron chi connectivity index (χ1n) is 10.9. The number of fused-ring (bicyclic) bond motifs is 1. The number of nitrogens with zero attached hydrogens (tertiary/aromatic N) is 2. The van der Waals surface area contributed by atoms with Crippen molar-refractivity contribution >= 4 is 18.2 Å². The van der Waals surface area contributed by atoms with E-state index in [-0.39, 0.29) is 30.0 Å². The summed E-state index contributed by atoms with van der Waals surface area (Å²) in [5.74, 6) is 1.97. The van der Waals surface area contributed by atoms with Gasteiger partial charge in [-0.05, 0) is 52.4 Å². The van der Waals surface area contributed by atoms with Crippen molar-refractivity contribution in [3.63, 3.8) is 0 Å². The molecule has 0 radical (unpaired) electrons. The number of rotatable bonds is 4. The lowest BCUT2D eigenvalue weighted by Crippen LogP contribution is -2.51. The number of likely N-dealkylation sites (tertiary alicyclic amines) is 1. The number of esters is 1. The number of hydrogen-bond acceptors (Lipinski definition) is 6. The molecule has 1 saturated heterocycles. The van der Waals surface area contributed by atoms with Gasteiger partial charge in [0.25, 0.3) is 0 Å². The van der Waals surface area contributed by atoms with Crippen molar-refractivity contribution < 1.29 is 28.6 Å². The van der Waals surface area contributed by atoms with E-state index in [9.17, 15) is 14.4 Å². The molecule has 0 aromatic heterocycles. The Morgan fingerprint density at radius 1 is 1.19 bits per heavy atom. The van der Waals surface area contributed by atoms with E-state index in [0.29, 0.717) is 12.8 Å². The number of ether oxygens (including phenoxy) is 3. The maximum Gasteiger partial charge on any atom is 0.410 e. The highest BCUT2D eigenvalue weighted by molar-refractivity contribution is 5.82. The molecule has 1 aliphatic carbocycles. The van der Waals surface area contributed by atoms with E-state index in [1.54, 1.807) is 32.7 Å². The maximum atomic E-state index is 13.2. The van der Waals surface area contributed by atoms with Gasteiger partial charge in [0.05, 0.1) is 13.2 Å². The zero-order valence-corrected chi connectivity index (χ0v) is 19.7. The lowest BCUT2D eigenvalue weighted by molar-refractivity contribution is -0.161. The number of methoxy groups -OCH3 is 1. The minimum Gasteiger partial charge on any atom is -0.460 e. The number of carbonyl (C=O) groups is 3. The van der Waals surface area contributed by atoms with Crippen molar-refractivity contribution in [1.82, 2.24) is 9.80 Å². The van der Waals surface area contributed by atoms with Gasteiger partial charge in [-0.15, -0.1) is 6.42 Å². The van der Waals surface area contributed by atoms with E-state index in [1.807, 2.05) is 13.8 Å². The van der Waals surface area contributed by atoms with E-state index in [2.05, 4.69) is 5.92 Å². The molecule has 2 unspecified atom stereocenters. The Labute approximate surface area is 185 Å². The van der Waals surface area contributed by atoms with Crippen LogP contribution in [0.15, 0.2) is 0 Å². The normalized spacial score (nSPS) is 26.5. The average Bonchev–Trinajstić information content (AvgIpc) is 3.05. The number of hydrogen-bond donors (Lipinski definition) is 0. The third kappa shape index (κ3) is 5.63. The van der Waals surface area contributed by atoms with Crippen molar-refractivity contribution in [2.24, 2.45) is 11.8 Å². The second kappa shape index (κ2) is 9.80. The fourth-order valence-corrected chi connectivity index (χ4v) is 4.67. The lowest BCUT2D eigenvalue weighted by atomic mass is 9.82. The minimum atomic E-state index is -0.781. The fourth-order valence-electron chi connectivity index (χ4n) is 4.67. The van der Waals surface area contributed by atoms with Crippen LogP contribution in [-0.4, -0.2) is 71.9 Å². The monoisotopic (exact) mass is 436 g/mol. The highest BCUT2D eigenvalue weighted by atomic mass is 16.6. The number of amides is 2. The van der Waals surface area contributed by atoms with Crippen molar-refractivity contribution in [3.8, 4) is 12.3 Å². The van der Waals surface area contributed by atoms with Crippen molar-refractivity contribution in [2.75, 3.05) is 14.2 Å². The molecule has 2 rings (SSSR count). The Morgan fingerprint density at radius 2 is 1.84 bits per heavy atom.